The average molecular weight is 353 g/mol. The minimum Gasteiger partial charge on any atom is -0.349 e. The number of rotatable bonds is 5. The highest BCUT2D eigenvalue weighted by Crippen LogP contribution is 2.17. The molecule has 0 aliphatic rings. The first kappa shape index (κ1) is 17.2. The van der Waals surface area contributed by atoms with Crippen LogP contribution in [0, 0.1) is 0 Å². The van der Waals surface area contributed by atoms with Gasteiger partial charge in [0.2, 0.25) is 5.91 Å². The molecule has 25 heavy (non-hydrogen) atoms. The van der Waals surface area contributed by atoms with E-state index in [2.05, 4.69) is 10.3 Å². The van der Waals surface area contributed by atoms with E-state index in [0.717, 1.165) is 5.56 Å². The molecule has 3 aromatic rings. The number of benzene rings is 2. The number of thioether (sulfide) groups is 1. The minimum atomic E-state index is -0.105. The van der Waals surface area contributed by atoms with Crippen LogP contribution in [0.2, 0.25) is 0 Å². The molecule has 1 aromatic heterocycles. The highest BCUT2D eigenvalue weighted by Gasteiger charge is 2.13. The van der Waals surface area contributed by atoms with E-state index < -0.39 is 0 Å². The van der Waals surface area contributed by atoms with E-state index >= 15 is 0 Å². The van der Waals surface area contributed by atoms with Crippen LogP contribution in [0.4, 0.5) is 0 Å². The number of hydrogen-bond acceptors (Lipinski definition) is 4. The molecule has 1 amide bonds. The molecule has 3 rings (SSSR count). The maximum atomic E-state index is 12.4. The van der Waals surface area contributed by atoms with Crippen molar-refractivity contribution in [1.29, 1.82) is 0 Å². The predicted molar refractivity (Wildman–Crippen MR) is 101 cm³/mol. The van der Waals surface area contributed by atoms with Gasteiger partial charge in [-0.2, -0.15) is 0 Å². The lowest BCUT2D eigenvalue weighted by Crippen LogP contribution is -2.28. The first-order valence-corrected chi connectivity index (χ1v) is 8.97. The number of aromatic nitrogens is 2. The number of amides is 1. The average Bonchev–Trinajstić information content (AvgIpc) is 2.64. The smallest absolute Gasteiger partial charge is 0.261 e. The lowest BCUT2D eigenvalue weighted by atomic mass is 10.1. The van der Waals surface area contributed by atoms with E-state index in [1.54, 1.807) is 19.2 Å². The number of hydrogen-bond donors (Lipinski definition) is 1. The molecule has 0 saturated heterocycles. The Morgan fingerprint density at radius 1 is 1.16 bits per heavy atom. The van der Waals surface area contributed by atoms with E-state index in [9.17, 15) is 9.59 Å². The van der Waals surface area contributed by atoms with Crippen LogP contribution in [0.3, 0.4) is 0 Å². The van der Waals surface area contributed by atoms with Crippen LogP contribution >= 0.6 is 11.8 Å². The Kier molecular flexibility index (Phi) is 5.19. The lowest BCUT2D eigenvalue weighted by Gasteiger charge is -2.14. The van der Waals surface area contributed by atoms with Gasteiger partial charge in [0.15, 0.2) is 5.16 Å². The molecule has 5 nitrogen and oxygen atoms in total. The molecule has 6 heteroatoms. The Labute approximate surface area is 150 Å². The van der Waals surface area contributed by atoms with Gasteiger partial charge in [0.1, 0.15) is 0 Å². The normalized spacial score (nSPS) is 12.1. The van der Waals surface area contributed by atoms with Gasteiger partial charge in [-0.15, -0.1) is 0 Å². The summed E-state index contributed by atoms with van der Waals surface area (Å²) in [6, 6.07) is 16.9. The molecule has 2 aromatic carbocycles. The van der Waals surface area contributed by atoms with Crippen LogP contribution in [0.1, 0.15) is 18.5 Å². The predicted octanol–water partition coefficient (Wildman–Crippen LogP) is 2.90. The molecule has 1 heterocycles. The van der Waals surface area contributed by atoms with E-state index in [1.807, 2.05) is 49.4 Å². The van der Waals surface area contributed by atoms with Crippen molar-refractivity contribution in [1.82, 2.24) is 14.9 Å². The van der Waals surface area contributed by atoms with Gasteiger partial charge in [-0.05, 0) is 24.6 Å². The summed E-state index contributed by atoms with van der Waals surface area (Å²) in [6.45, 7) is 1.95. The summed E-state index contributed by atoms with van der Waals surface area (Å²) in [7, 11) is 1.68. The second-order valence-electron chi connectivity index (χ2n) is 5.76. The fourth-order valence-corrected chi connectivity index (χ4v) is 3.35. The van der Waals surface area contributed by atoms with Crippen molar-refractivity contribution in [3.8, 4) is 0 Å². The second kappa shape index (κ2) is 7.53. The summed E-state index contributed by atoms with van der Waals surface area (Å²) < 4.78 is 1.49. The fraction of sp³-hybridized carbons (Fsp3) is 0.211. The zero-order chi connectivity index (χ0) is 17.8. The molecular weight excluding hydrogens is 334 g/mol. The number of carbonyl (C=O) groups is 1. The zero-order valence-corrected chi connectivity index (χ0v) is 14.9. The summed E-state index contributed by atoms with van der Waals surface area (Å²) in [6.07, 6.45) is 0. The van der Waals surface area contributed by atoms with Gasteiger partial charge in [-0.3, -0.25) is 14.2 Å². The van der Waals surface area contributed by atoms with Gasteiger partial charge < -0.3 is 5.32 Å². The number of carbonyl (C=O) groups excluding carboxylic acids is 1. The van der Waals surface area contributed by atoms with E-state index in [1.165, 1.54) is 16.3 Å². The minimum absolute atomic E-state index is 0.0670. The summed E-state index contributed by atoms with van der Waals surface area (Å²) >= 11 is 1.26. The Balaban J connectivity index is 1.69. The maximum Gasteiger partial charge on any atom is 0.261 e. The van der Waals surface area contributed by atoms with Crippen molar-refractivity contribution >= 4 is 28.6 Å². The quantitative estimate of drug-likeness (QED) is 0.566. The molecule has 1 unspecified atom stereocenters. The zero-order valence-electron chi connectivity index (χ0n) is 14.1. The number of para-hydroxylation sites is 1. The number of nitrogens with zero attached hydrogens (tertiary/aromatic N) is 2. The third-order valence-electron chi connectivity index (χ3n) is 3.95. The third-order valence-corrected chi connectivity index (χ3v) is 4.98. The molecule has 0 spiro atoms. The van der Waals surface area contributed by atoms with Crippen molar-refractivity contribution in [3.63, 3.8) is 0 Å². The summed E-state index contributed by atoms with van der Waals surface area (Å²) in [5.41, 5.74) is 1.59. The van der Waals surface area contributed by atoms with Crippen LogP contribution in [-0.4, -0.2) is 21.2 Å². The van der Waals surface area contributed by atoms with E-state index in [4.69, 9.17) is 0 Å². The van der Waals surface area contributed by atoms with Crippen LogP contribution < -0.4 is 10.9 Å². The molecule has 0 fully saturated rings. The van der Waals surface area contributed by atoms with Crippen molar-refractivity contribution < 1.29 is 4.79 Å². The molecule has 0 saturated carbocycles. The lowest BCUT2D eigenvalue weighted by molar-refractivity contribution is -0.119. The summed E-state index contributed by atoms with van der Waals surface area (Å²) in [5, 5.41) is 4.08. The monoisotopic (exact) mass is 353 g/mol. The first-order valence-electron chi connectivity index (χ1n) is 7.99. The third kappa shape index (κ3) is 3.91. The molecule has 0 radical (unpaired) electrons. The molecule has 1 atom stereocenters. The molecule has 128 valence electrons. The van der Waals surface area contributed by atoms with Crippen molar-refractivity contribution in [3.05, 3.63) is 70.5 Å². The SMILES string of the molecule is CC(NC(=O)CSc1nc2ccccc2c(=O)n1C)c1ccccc1. The highest BCUT2D eigenvalue weighted by atomic mass is 32.2. The Bertz CT molecular complexity index is 954. The second-order valence-corrected chi connectivity index (χ2v) is 6.71. The molecule has 0 aliphatic carbocycles. The van der Waals surface area contributed by atoms with Crippen molar-refractivity contribution in [2.24, 2.45) is 7.05 Å². The van der Waals surface area contributed by atoms with Gasteiger partial charge in [0, 0.05) is 7.05 Å². The molecular formula is C19H19N3O2S. The van der Waals surface area contributed by atoms with Gasteiger partial charge in [-0.1, -0.05) is 54.2 Å². The number of nitrogens with one attached hydrogen (secondary N) is 1. The van der Waals surface area contributed by atoms with Gasteiger partial charge in [-0.25, -0.2) is 4.98 Å². The van der Waals surface area contributed by atoms with Crippen LogP contribution in [-0.2, 0) is 11.8 Å². The summed E-state index contributed by atoms with van der Waals surface area (Å²) in [4.78, 5) is 29.1. The van der Waals surface area contributed by atoms with E-state index in [-0.39, 0.29) is 23.3 Å². The van der Waals surface area contributed by atoms with Crippen LogP contribution in [0.25, 0.3) is 10.9 Å². The van der Waals surface area contributed by atoms with Crippen molar-refractivity contribution in [2.75, 3.05) is 5.75 Å². The molecule has 0 aliphatic heterocycles. The fourth-order valence-electron chi connectivity index (χ4n) is 2.56. The highest BCUT2D eigenvalue weighted by molar-refractivity contribution is 7.99. The number of fused-ring (bicyclic) bond motifs is 1. The standard InChI is InChI=1S/C19H19N3O2S/c1-13(14-8-4-3-5-9-14)20-17(23)12-25-19-21-16-11-7-6-10-15(16)18(24)22(19)2/h3-11,13H,12H2,1-2H3,(H,20,23). The molecule has 0 bridgehead atoms. The van der Waals surface area contributed by atoms with E-state index in [0.29, 0.717) is 16.1 Å². The molecule has 1 N–H and O–H groups in total. The van der Waals surface area contributed by atoms with Crippen molar-refractivity contribution in [2.45, 2.75) is 18.1 Å². The Morgan fingerprint density at radius 2 is 1.84 bits per heavy atom. The Morgan fingerprint density at radius 3 is 2.60 bits per heavy atom. The van der Waals surface area contributed by atoms with Crippen LogP contribution in [0.5, 0.6) is 0 Å². The van der Waals surface area contributed by atoms with Crippen LogP contribution in [0.15, 0.2) is 64.5 Å². The summed E-state index contributed by atoms with van der Waals surface area (Å²) in [5.74, 6) is 0.110. The Hall–Kier alpha value is -2.60. The van der Waals surface area contributed by atoms with Gasteiger partial charge in [0.25, 0.3) is 5.56 Å². The largest absolute Gasteiger partial charge is 0.349 e. The van der Waals surface area contributed by atoms with Gasteiger partial charge in [0.05, 0.1) is 22.7 Å². The van der Waals surface area contributed by atoms with Gasteiger partial charge >= 0.3 is 0 Å². The first-order chi connectivity index (χ1) is 12.1. The maximum absolute atomic E-state index is 12.4. The topological polar surface area (TPSA) is 64.0 Å².